The minimum atomic E-state index is -0.313. The number of fused-ring (bicyclic) bond motifs is 3. The molecule has 1 aliphatic carbocycles. The second kappa shape index (κ2) is 6.06. The van der Waals surface area contributed by atoms with Crippen molar-refractivity contribution in [3.05, 3.63) is 53.8 Å². The number of anilines is 1. The Kier molecular flexibility index (Phi) is 3.54. The van der Waals surface area contributed by atoms with E-state index in [1.807, 2.05) is 28.7 Å². The highest BCUT2D eigenvalue weighted by Gasteiger charge is 2.18. The van der Waals surface area contributed by atoms with Gasteiger partial charge in [0.2, 0.25) is 0 Å². The molecule has 0 unspecified atom stereocenters. The highest BCUT2D eigenvalue weighted by molar-refractivity contribution is 5.92. The minimum Gasteiger partial charge on any atom is -0.372 e. The van der Waals surface area contributed by atoms with Gasteiger partial charge in [0, 0.05) is 29.5 Å². The molecule has 1 aliphatic rings. The molecule has 27 heavy (non-hydrogen) atoms. The van der Waals surface area contributed by atoms with Crippen LogP contribution in [-0.2, 0) is 0 Å². The normalized spacial score (nSPS) is 13.6. The number of hydrogen-bond donors (Lipinski definition) is 1. The summed E-state index contributed by atoms with van der Waals surface area (Å²) in [6, 6.07) is 12.6. The fraction of sp³-hybridized carbons (Fsp3) is 0.190. The first kappa shape index (κ1) is 15.8. The standard InChI is InChI=1S/C21H16FN5/c1-23-19-17-12-16(22)9-10-18(17)27-20(25-26-21(27)24-19)15-4-2-3-14(11-15)8-7-13-5-6-13/h2-4,9-13H,5-6H2,1H3,(H,23,24,26). The summed E-state index contributed by atoms with van der Waals surface area (Å²) in [7, 11) is 1.75. The van der Waals surface area contributed by atoms with E-state index in [0.29, 0.717) is 28.7 Å². The van der Waals surface area contributed by atoms with Crippen LogP contribution in [0.3, 0.4) is 0 Å². The molecule has 0 atom stereocenters. The molecule has 0 radical (unpaired) electrons. The number of hydrogen-bond acceptors (Lipinski definition) is 4. The van der Waals surface area contributed by atoms with Gasteiger partial charge in [-0.2, -0.15) is 4.98 Å². The molecular formula is C21H16FN5. The van der Waals surface area contributed by atoms with Gasteiger partial charge in [0.15, 0.2) is 5.82 Å². The van der Waals surface area contributed by atoms with Gasteiger partial charge >= 0.3 is 0 Å². The molecule has 2 aromatic heterocycles. The Labute approximate surface area is 155 Å². The first-order valence-corrected chi connectivity index (χ1v) is 8.87. The molecule has 1 fully saturated rings. The van der Waals surface area contributed by atoms with Gasteiger partial charge in [0.05, 0.1) is 5.52 Å². The van der Waals surface area contributed by atoms with Gasteiger partial charge in [0.1, 0.15) is 11.6 Å². The first-order chi connectivity index (χ1) is 13.2. The Morgan fingerprint density at radius 3 is 2.85 bits per heavy atom. The van der Waals surface area contributed by atoms with Crippen LogP contribution in [0.1, 0.15) is 18.4 Å². The molecule has 0 aliphatic heterocycles. The summed E-state index contributed by atoms with van der Waals surface area (Å²) in [5.41, 5.74) is 2.64. The van der Waals surface area contributed by atoms with Gasteiger partial charge in [-0.15, -0.1) is 10.2 Å². The molecule has 6 heteroatoms. The van der Waals surface area contributed by atoms with E-state index in [9.17, 15) is 4.39 Å². The lowest BCUT2D eigenvalue weighted by atomic mass is 10.1. The molecule has 0 saturated heterocycles. The van der Waals surface area contributed by atoms with Crippen LogP contribution < -0.4 is 5.32 Å². The van der Waals surface area contributed by atoms with Crippen molar-refractivity contribution in [2.24, 2.45) is 5.92 Å². The summed E-state index contributed by atoms with van der Waals surface area (Å²) in [6.45, 7) is 0. The van der Waals surface area contributed by atoms with E-state index < -0.39 is 0 Å². The van der Waals surface area contributed by atoms with Crippen molar-refractivity contribution in [3.63, 3.8) is 0 Å². The molecular weight excluding hydrogens is 341 g/mol. The molecule has 1 saturated carbocycles. The van der Waals surface area contributed by atoms with Crippen molar-refractivity contribution < 1.29 is 4.39 Å². The van der Waals surface area contributed by atoms with E-state index in [-0.39, 0.29) is 5.82 Å². The van der Waals surface area contributed by atoms with E-state index in [4.69, 9.17) is 0 Å². The fourth-order valence-electron chi connectivity index (χ4n) is 3.15. The van der Waals surface area contributed by atoms with Crippen LogP contribution in [-0.4, -0.2) is 26.6 Å². The summed E-state index contributed by atoms with van der Waals surface area (Å²) < 4.78 is 15.6. The lowest BCUT2D eigenvalue weighted by Crippen LogP contribution is -2.01. The molecule has 4 aromatic rings. The Morgan fingerprint density at radius 1 is 1.15 bits per heavy atom. The van der Waals surface area contributed by atoms with Crippen molar-refractivity contribution in [3.8, 4) is 23.2 Å². The number of rotatable bonds is 2. The quantitative estimate of drug-likeness (QED) is 0.553. The molecule has 5 nitrogen and oxygen atoms in total. The van der Waals surface area contributed by atoms with Gasteiger partial charge in [-0.1, -0.05) is 24.0 Å². The van der Waals surface area contributed by atoms with Gasteiger partial charge < -0.3 is 5.32 Å². The predicted molar refractivity (Wildman–Crippen MR) is 103 cm³/mol. The zero-order valence-electron chi connectivity index (χ0n) is 14.7. The second-order valence-corrected chi connectivity index (χ2v) is 6.66. The van der Waals surface area contributed by atoms with Crippen LogP contribution >= 0.6 is 0 Å². The zero-order valence-corrected chi connectivity index (χ0v) is 14.7. The Morgan fingerprint density at radius 2 is 2.04 bits per heavy atom. The average molecular weight is 357 g/mol. The molecule has 0 spiro atoms. The smallest absolute Gasteiger partial charge is 0.257 e. The van der Waals surface area contributed by atoms with Crippen molar-refractivity contribution in [1.29, 1.82) is 0 Å². The molecule has 2 aromatic carbocycles. The van der Waals surface area contributed by atoms with Crippen molar-refractivity contribution in [2.45, 2.75) is 12.8 Å². The maximum Gasteiger partial charge on any atom is 0.257 e. The summed E-state index contributed by atoms with van der Waals surface area (Å²) in [4.78, 5) is 4.48. The first-order valence-electron chi connectivity index (χ1n) is 8.87. The van der Waals surface area contributed by atoms with E-state index >= 15 is 0 Å². The van der Waals surface area contributed by atoms with E-state index in [2.05, 4.69) is 32.3 Å². The summed E-state index contributed by atoms with van der Waals surface area (Å²) in [5.74, 6) is 8.44. The van der Waals surface area contributed by atoms with Crippen molar-refractivity contribution in [2.75, 3.05) is 12.4 Å². The minimum absolute atomic E-state index is 0.313. The molecule has 0 amide bonds. The summed E-state index contributed by atoms with van der Waals surface area (Å²) in [5, 5.41) is 12.2. The molecule has 1 N–H and O–H groups in total. The molecule has 132 valence electrons. The Hall–Kier alpha value is -3.46. The van der Waals surface area contributed by atoms with Gasteiger partial charge in [-0.25, -0.2) is 4.39 Å². The number of nitrogens with one attached hydrogen (secondary N) is 1. The van der Waals surface area contributed by atoms with E-state index in [1.165, 1.54) is 25.0 Å². The monoisotopic (exact) mass is 357 g/mol. The Balaban J connectivity index is 1.73. The van der Waals surface area contributed by atoms with Crippen molar-refractivity contribution in [1.82, 2.24) is 19.6 Å². The largest absolute Gasteiger partial charge is 0.372 e. The third-order valence-corrected chi connectivity index (χ3v) is 4.67. The SMILES string of the molecule is CNc1nc2nnc(-c3cccc(C#CC4CC4)c3)n2c2ccc(F)cc12. The zero-order chi connectivity index (χ0) is 18.4. The lowest BCUT2D eigenvalue weighted by Gasteiger charge is -2.09. The number of benzene rings is 2. The Bertz CT molecular complexity index is 1240. The van der Waals surface area contributed by atoms with E-state index in [0.717, 1.165) is 16.6 Å². The third kappa shape index (κ3) is 2.77. The topological polar surface area (TPSA) is 55.1 Å². The maximum atomic E-state index is 13.8. The molecule has 2 heterocycles. The number of nitrogens with zero attached hydrogens (tertiary/aromatic N) is 4. The maximum absolute atomic E-state index is 13.8. The van der Waals surface area contributed by atoms with Crippen LogP contribution in [0.5, 0.6) is 0 Å². The van der Waals surface area contributed by atoms with Gasteiger partial charge in [-0.05, 0) is 43.2 Å². The number of halogens is 1. The van der Waals surface area contributed by atoms with Crippen LogP contribution in [0.25, 0.3) is 28.1 Å². The predicted octanol–water partition coefficient (Wildman–Crippen LogP) is 3.89. The lowest BCUT2D eigenvalue weighted by molar-refractivity contribution is 0.629. The fourth-order valence-corrected chi connectivity index (χ4v) is 3.15. The average Bonchev–Trinajstić information content (AvgIpc) is 3.43. The number of aromatic nitrogens is 4. The molecule has 5 rings (SSSR count). The second-order valence-electron chi connectivity index (χ2n) is 6.66. The van der Waals surface area contributed by atoms with Crippen molar-refractivity contribution >= 4 is 22.5 Å². The van der Waals surface area contributed by atoms with Gasteiger partial charge in [0.25, 0.3) is 5.78 Å². The van der Waals surface area contributed by atoms with Crippen LogP contribution in [0.15, 0.2) is 42.5 Å². The van der Waals surface area contributed by atoms with Crippen LogP contribution in [0, 0.1) is 23.6 Å². The highest BCUT2D eigenvalue weighted by Crippen LogP contribution is 2.29. The third-order valence-electron chi connectivity index (χ3n) is 4.67. The van der Waals surface area contributed by atoms with Crippen LogP contribution in [0.2, 0.25) is 0 Å². The van der Waals surface area contributed by atoms with Gasteiger partial charge in [-0.3, -0.25) is 4.40 Å². The molecule has 0 bridgehead atoms. The summed E-state index contributed by atoms with van der Waals surface area (Å²) in [6.07, 6.45) is 2.40. The van der Waals surface area contributed by atoms with Crippen LogP contribution in [0.4, 0.5) is 10.2 Å². The summed E-state index contributed by atoms with van der Waals surface area (Å²) >= 11 is 0. The van der Waals surface area contributed by atoms with E-state index in [1.54, 1.807) is 13.1 Å². The highest BCUT2D eigenvalue weighted by atomic mass is 19.1.